The molecular formula is C37H43N3O4. The molecule has 4 fully saturated rings. The lowest BCUT2D eigenvalue weighted by Gasteiger charge is -2.62. The number of benzene rings is 2. The molecule has 5 aliphatic carbocycles. The number of aryl methyl sites for hydroxylation is 1. The Morgan fingerprint density at radius 1 is 1.02 bits per heavy atom. The molecule has 8 unspecified atom stereocenters. The van der Waals surface area contributed by atoms with E-state index in [1.807, 2.05) is 24.3 Å². The van der Waals surface area contributed by atoms with Crippen LogP contribution in [0, 0.1) is 17.3 Å². The van der Waals surface area contributed by atoms with E-state index in [1.54, 1.807) is 6.07 Å². The summed E-state index contributed by atoms with van der Waals surface area (Å²) in [6, 6.07) is 9.77. The number of aromatic hydroxyl groups is 2. The molecule has 3 N–H and O–H groups in total. The maximum absolute atomic E-state index is 12.6. The fourth-order valence-corrected chi connectivity index (χ4v) is 11.6. The van der Waals surface area contributed by atoms with E-state index in [0.717, 1.165) is 69.3 Å². The zero-order valence-electron chi connectivity index (χ0n) is 25.6. The molecule has 44 heavy (non-hydrogen) atoms. The number of likely N-dealkylation sites (tertiary alicyclic amines) is 1. The second kappa shape index (κ2) is 9.20. The summed E-state index contributed by atoms with van der Waals surface area (Å²) >= 11 is 0. The van der Waals surface area contributed by atoms with Crippen molar-refractivity contribution >= 4 is 11.4 Å². The standard InChI is InChI=1S/C37H43N3O4/c1-3-17-40-18-16-36-32-22-5-10-29(42)33(32)44-34(36)28(13-15-37(36,43)31(40)20-22)38-39-30-11-9-27-26-7-4-21-19-23(41)6-8-24(21)25(26)12-14-35(27,30)2/h3,5-6,8,10,19,25-27,31,34,41-43H,1,4,7,9,11-18,20H2,2H3/b38-28+,39-30-. The first-order valence-corrected chi connectivity index (χ1v) is 16.8. The lowest BCUT2D eigenvalue weighted by Crippen LogP contribution is -2.76. The van der Waals surface area contributed by atoms with Crippen molar-refractivity contribution in [2.75, 3.05) is 13.1 Å². The van der Waals surface area contributed by atoms with Crippen LogP contribution in [-0.2, 0) is 18.3 Å². The van der Waals surface area contributed by atoms with Crippen molar-refractivity contribution in [1.82, 2.24) is 4.90 Å². The number of piperidine rings is 1. The molecule has 2 bridgehead atoms. The van der Waals surface area contributed by atoms with Crippen molar-refractivity contribution in [2.45, 2.75) is 100 Å². The number of rotatable bonds is 3. The molecule has 2 aromatic rings. The van der Waals surface area contributed by atoms with E-state index in [-0.39, 0.29) is 17.2 Å². The molecule has 7 heteroatoms. The van der Waals surface area contributed by atoms with Gasteiger partial charge in [0, 0.05) is 35.8 Å². The molecule has 3 saturated carbocycles. The Bertz CT molecular complexity index is 1650. The van der Waals surface area contributed by atoms with Crippen molar-refractivity contribution in [3.63, 3.8) is 0 Å². The fourth-order valence-electron chi connectivity index (χ4n) is 11.6. The van der Waals surface area contributed by atoms with Gasteiger partial charge in [0.2, 0.25) is 0 Å². The summed E-state index contributed by atoms with van der Waals surface area (Å²) in [4.78, 5) is 2.38. The second-order valence-corrected chi connectivity index (χ2v) is 15.0. The van der Waals surface area contributed by atoms with Gasteiger partial charge in [-0.3, -0.25) is 4.90 Å². The Morgan fingerprint density at radius 3 is 2.77 bits per heavy atom. The minimum atomic E-state index is -0.964. The van der Waals surface area contributed by atoms with Gasteiger partial charge in [-0.2, -0.15) is 10.2 Å². The highest BCUT2D eigenvalue weighted by atomic mass is 16.5. The van der Waals surface area contributed by atoms with Crippen LogP contribution in [0.15, 0.2) is 53.2 Å². The summed E-state index contributed by atoms with van der Waals surface area (Å²) in [6.07, 6.45) is 10.9. The maximum Gasteiger partial charge on any atom is 0.166 e. The van der Waals surface area contributed by atoms with Gasteiger partial charge in [0.05, 0.1) is 16.7 Å². The molecule has 0 amide bonds. The quantitative estimate of drug-likeness (QED) is 0.309. The molecular weight excluding hydrogens is 550 g/mol. The highest BCUT2D eigenvalue weighted by molar-refractivity contribution is 5.97. The lowest BCUT2D eigenvalue weighted by atomic mass is 9.49. The van der Waals surface area contributed by atoms with E-state index in [0.29, 0.717) is 42.1 Å². The number of fused-ring (bicyclic) bond motifs is 5. The predicted molar refractivity (Wildman–Crippen MR) is 170 cm³/mol. The Labute approximate surface area is 259 Å². The van der Waals surface area contributed by atoms with Gasteiger partial charge in [-0.05, 0) is 117 Å². The minimum Gasteiger partial charge on any atom is -0.508 e. The van der Waals surface area contributed by atoms with Crippen LogP contribution >= 0.6 is 0 Å². The number of phenolic OH excluding ortho intramolecular Hbond substituents is 2. The number of nitrogens with zero attached hydrogens (tertiary/aromatic N) is 3. The topological polar surface area (TPSA) is 97.9 Å². The predicted octanol–water partition coefficient (Wildman–Crippen LogP) is 5.79. The van der Waals surface area contributed by atoms with Crippen LogP contribution < -0.4 is 4.74 Å². The lowest BCUT2D eigenvalue weighted by molar-refractivity contribution is -0.163. The van der Waals surface area contributed by atoms with E-state index >= 15 is 0 Å². The first-order valence-electron chi connectivity index (χ1n) is 16.8. The van der Waals surface area contributed by atoms with E-state index in [1.165, 1.54) is 28.8 Å². The van der Waals surface area contributed by atoms with Crippen molar-refractivity contribution in [2.24, 2.45) is 27.5 Å². The third-order valence-electron chi connectivity index (χ3n) is 13.5. The van der Waals surface area contributed by atoms with Crippen molar-refractivity contribution < 1.29 is 20.1 Å². The van der Waals surface area contributed by atoms with Crippen LogP contribution in [0.25, 0.3) is 0 Å². The van der Waals surface area contributed by atoms with E-state index in [2.05, 4.69) is 24.5 Å². The summed E-state index contributed by atoms with van der Waals surface area (Å²) < 4.78 is 6.68. The molecule has 230 valence electrons. The Morgan fingerprint density at radius 2 is 1.91 bits per heavy atom. The highest BCUT2D eigenvalue weighted by Gasteiger charge is 2.72. The van der Waals surface area contributed by atoms with Crippen LogP contribution in [0.5, 0.6) is 17.2 Å². The zero-order valence-corrected chi connectivity index (χ0v) is 25.6. The third kappa shape index (κ3) is 3.30. The molecule has 7 nitrogen and oxygen atoms in total. The SMILES string of the molecule is C=CCN1CCC23c4c5ccc(O)c4OC2/C(=N/N=C2/CCC4C6CCc7cc(O)ccc7C6CCC24C)CCC3(O)C1C5. The average Bonchev–Trinajstić information content (AvgIpc) is 3.54. The summed E-state index contributed by atoms with van der Waals surface area (Å²) in [5.74, 6) is 2.88. The van der Waals surface area contributed by atoms with Gasteiger partial charge in [-0.1, -0.05) is 25.1 Å². The van der Waals surface area contributed by atoms with Gasteiger partial charge in [-0.15, -0.1) is 6.58 Å². The number of aliphatic hydroxyl groups is 1. The van der Waals surface area contributed by atoms with Crippen molar-refractivity contribution in [3.05, 3.63) is 65.2 Å². The van der Waals surface area contributed by atoms with Crippen LogP contribution in [-0.4, -0.2) is 62.5 Å². The molecule has 2 aromatic carbocycles. The molecule has 8 atom stereocenters. The Hall–Kier alpha value is -3.16. The van der Waals surface area contributed by atoms with E-state index in [4.69, 9.17) is 14.9 Å². The Balaban J connectivity index is 1.06. The number of ether oxygens (including phenoxy) is 1. The minimum absolute atomic E-state index is 0.0227. The van der Waals surface area contributed by atoms with Gasteiger partial charge >= 0.3 is 0 Å². The molecule has 2 heterocycles. The first kappa shape index (κ1) is 27.2. The van der Waals surface area contributed by atoms with Crippen LogP contribution in [0.1, 0.15) is 86.5 Å². The summed E-state index contributed by atoms with van der Waals surface area (Å²) in [5, 5.41) is 43.8. The van der Waals surface area contributed by atoms with E-state index in [9.17, 15) is 15.3 Å². The average molecular weight is 594 g/mol. The van der Waals surface area contributed by atoms with Crippen LogP contribution in [0.2, 0.25) is 0 Å². The molecule has 2 aliphatic heterocycles. The van der Waals surface area contributed by atoms with Gasteiger partial charge < -0.3 is 20.1 Å². The third-order valence-corrected chi connectivity index (χ3v) is 13.5. The number of hydrogen-bond donors (Lipinski definition) is 3. The number of hydrogen-bond acceptors (Lipinski definition) is 7. The first-order chi connectivity index (χ1) is 21.3. The van der Waals surface area contributed by atoms with Crippen LogP contribution in [0.3, 0.4) is 0 Å². The monoisotopic (exact) mass is 593 g/mol. The molecule has 0 radical (unpaired) electrons. The van der Waals surface area contributed by atoms with Crippen molar-refractivity contribution in [1.29, 1.82) is 0 Å². The van der Waals surface area contributed by atoms with Gasteiger partial charge in [0.15, 0.2) is 17.6 Å². The molecule has 1 spiro atoms. The molecule has 9 rings (SSSR count). The zero-order chi connectivity index (χ0) is 30.0. The molecule has 7 aliphatic rings. The summed E-state index contributed by atoms with van der Waals surface area (Å²) in [5.41, 5.74) is 5.55. The normalized spacial score (nSPS) is 41.5. The summed E-state index contributed by atoms with van der Waals surface area (Å²) in [6.45, 7) is 8.01. The van der Waals surface area contributed by atoms with Gasteiger partial charge in [0.1, 0.15) is 5.75 Å². The van der Waals surface area contributed by atoms with Crippen molar-refractivity contribution in [3.8, 4) is 17.2 Å². The summed E-state index contributed by atoms with van der Waals surface area (Å²) in [7, 11) is 0. The number of phenols is 2. The van der Waals surface area contributed by atoms with Crippen LogP contribution in [0.4, 0.5) is 0 Å². The van der Waals surface area contributed by atoms with Gasteiger partial charge in [0.25, 0.3) is 0 Å². The maximum atomic E-state index is 12.6. The smallest absolute Gasteiger partial charge is 0.166 e. The largest absolute Gasteiger partial charge is 0.508 e. The second-order valence-electron chi connectivity index (χ2n) is 15.0. The molecule has 0 aromatic heterocycles. The Kier molecular flexibility index (Phi) is 5.68. The highest BCUT2D eigenvalue weighted by Crippen LogP contribution is 2.65. The van der Waals surface area contributed by atoms with Gasteiger partial charge in [-0.25, -0.2) is 0 Å². The van der Waals surface area contributed by atoms with E-state index < -0.39 is 17.1 Å². The molecule has 1 saturated heterocycles. The fraction of sp³-hybridized carbons (Fsp3) is 0.568.